The first-order valence-corrected chi connectivity index (χ1v) is 12.4. The van der Waals surface area contributed by atoms with Crippen molar-refractivity contribution in [3.63, 3.8) is 0 Å². The molecule has 0 atom stereocenters. The average molecular weight is 586 g/mol. The number of carbonyl (C=O) groups is 1. The van der Waals surface area contributed by atoms with Gasteiger partial charge in [0, 0.05) is 0 Å². The summed E-state index contributed by atoms with van der Waals surface area (Å²) in [5, 5.41) is 0. The minimum absolute atomic E-state index is 0.161. The number of hydrogen-bond acceptors (Lipinski definition) is 2. The Morgan fingerprint density at radius 3 is 1.81 bits per heavy atom. The van der Waals surface area contributed by atoms with Crippen molar-refractivity contribution in [2.45, 2.75) is 75.7 Å². The van der Waals surface area contributed by atoms with Gasteiger partial charge in [-0.1, -0.05) is 0 Å². The summed E-state index contributed by atoms with van der Waals surface area (Å²) in [4.78, 5) is 15.1. The SMILES string of the molecule is C[C](=[W])N(CCC(=O)/C=C/c1c(C)c(C)c(C)c(C)c1C)c1[c-]c(C)c(C)c(C)c1C. The predicted molar refractivity (Wildman–Crippen MR) is 131 cm³/mol. The molecule has 0 saturated heterocycles. The summed E-state index contributed by atoms with van der Waals surface area (Å²) in [5.41, 5.74) is 13.9. The van der Waals surface area contributed by atoms with Crippen LogP contribution in [0.1, 0.15) is 69.0 Å². The Labute approximate surface area is 200 Å². The minimum atomic E-state index is 0.161. The monoisotopic (exact) mass is 586 g/mol. The Morgan fingerprint density at radius 1 is 0.806 bits per heavy atom. The van der Waals surface area contributed by atoms with Crippen molar-refractivity contribution < 1.29 is 24.1 Å². The number of hydrogen-bond donors (Lipinski definition) is 0. The number of nitrogens with zero attached hydrogens (tertiary/aromatic N) is 1. The molecule has 0 heterocycles. The topological polar surface area (TPSA) is 20.3 Å². The molecule has 0 fully saturated rings. The molecule has 3 heteroatoms. The number of benzene rings is 2. The molecule has 2 aromatic carbocycles. The fraction of sp³-hybridized carbons (Fsp3) is 0.429. The number of ketones is 1. The van der Waals surface area contributed by atoms with Gasteiger partial charge < -0.3 is 0 Å². The molecule has 0 aliphatic heterocycles. The third-order valence-electron chi connectivity index (χ3n) is 7.07. The molecule has 0 aliphatic carbocycles. The van der Waals surface area contributed by atoms with Crippen LogP contribution in [0.3, 0.4) is 0 Å². The van der Waals surface area contributed by atoms with Crippen LogP contribution in [0.2, 0.25) is 0 Å². The van der Waals surface area contributed by atoms with Gasteiger partial charge in [0.15, 0.2) is 0 Å². The van der Waals surface area contributed by atoms with Gasteiger partial charge in [-0.25, -0.2) is 0 Å². The fourth-order valence-corrected chi connectivity index (χ4v) is 4.72. The van der Waals surface area contributed by atoms with Crippen LogP contribution in [-0.4, -0.2) is 16.3 Å². The van der Waals surface area contributed by atoms with E-state index in [2.05, 4.69) is 80.2 Å². The number of carbonyl (C=O) groups excluding carboxylic acids is 1. The molecule has 0 amide bonds. The Balaban J connectivity index is 2.25. The van der Waals surface area contributed by atoms with Crippen LogP contribution < -0.4 is 4.90 Å². The van der Waals surface area contributed by atoms with E-state index in [0.29, 0.717) is 13.0 Å². The third kappa shape index (κ3) is 5.34. The van der Waals surface area contributed by atoms with Crippen molar-refractivity contribution in [1.82, 2.24) is 0 Å². The zero-order chi connectivity index (χ0) is 23.6. The molecule has 2 nitrogen and oxygen atoms in total. The van der Waals surface area contributed by atoms with Gasteiger partial charge in [0.1, 0.15) is 0 Å². The second-order valence-electron chi connectivity index (χ2n) is 8.73. The van der Waals surface area contributed by atoms with Crippen LogP contribution in [0.4, 0.5) is 5.69 Å². The van der Waals surface area contributed by atoms with Gasteiger partial charge >= 0.3 is 201 Å². The molecule has 0 radical (unpaired) electrons. The molecule has 0 aromatic heterocycles. The van der Waals surface area contributed by atoms with Crippen LogP contribution in [0.25, 0.3) is 6.08 Å². The average Bonchev–Trinajstić information content (AvgIpc) is 2.72. The van der Waals surface area contributed by atoms with E-state index >= 15 is 0 Å². The second kappa shape index (κ2) is 10.2. The number of rotatable bonds is 7. The molecule has 0 unspecified atom stereocenters. The molecule has 0 bridgehead atoms. The normalized spacial score (nSPS) is 11.3. The standard InChI is InChI=1S/C28H36NO.W/c1-11-29(28-16-17(2)18(3)19(4)25(28)10)15-14-26(30)12-13-27-23(8)21(6)20(5)22(7)24(27)9;/h12-13H,14-15H2,1-10H3;/q-1;/b13-12+;. The maximum atomic E-state index is 12.8. The molecule has 2 aromatic rings. The Morgan fingerprint density at radius 2 is 1.29 bits per heavy atom. The van der Waals surface area contributed by atoms with Crippen molar-refractivity contribution in [2.24, 2.45) is 0 Å². The summed E-state index contributed by atoms with van der Waals surface area (Å²) >= 11 is 1.42. The van der Waals surface area contributed by atoms with Crippen LogP contribution in [-0.2, 0) is 24.1 Å². The van der Waals surface area contributed by atoms with E-state index < -0.39 is 0 Å². The van der Waals surface area contributed by atoms with Gasteiger partial charge in [0.25, 0.3) is 0 Å². The zero-order valence-corrected chi connectivity index (χ0v) is 23.8. The first-order chi connectivity index (χ1) is 14.4. The summed E-state index contributed by atoms with van der Waals surface area (Å²) < 4.78 is 1.26. The summed E-state index contributed by atoms with van der Waals surface area (Å²) in [6, 6.07) is 3.57. The van der Waals surface area contributed by atoms with E-state index in [-0.39, 0.29) is 5.78 Å². The summed E-state index contributed by atoms with van der Waals surface area (Å²) in [6.45, 7) is 22.2. The van der Waals surface area contributed by atoms with Gasteiger partial charge in [0.2, 0.25) is 0 Å². The van der Waals surface area contributed by atoms with Crippen LogP contribution >= 0.6 is 0 Å². The van der Waals surface area contributed by atoms with Crippen molar-refractivity contribution in [1.29, 1.82) is 0 Å². The molecule has 166 valence electrons. The molecule has 0 saturated carbocycles. The van der Waals surface area contributed by atoms with Gasteiger partial charge in [-0.15, -0.1) is 0 Å². The summed E-state index contributed by atoms with van der Waals surface area (Å²) in [7, 11) is 0. The van der Waals surface area contributed by atoms with Crippen LogP contribution in [0, 0.1) is 68.4 Å². The van der Waals surface area contributed by atoms with E-state index in [1.54, 1.807) is 6.08 Å². The van der Waals surface area contributed by atoms with Crippen molar-refractivity contribution in [3.8, 4) is 0 Å². The molecule has 31 heavy (non-hydrogen) atoms. The fourth-order valence-electron chi connectivity index (χ4n) is 4.06. The molecule has 0 aliphatic rings. The van der Waals surface area contributed by atoms with Crippen LogP contribution in [0.15, 0.2) is 6.08 Å². The molecule has 0 spiro atoms. The molecule has 2 rings (SSSR count). The quantitative estimate of drug-likeness (QED) is 0.275. The van der Waals surface area contributed by atoms with Crippen molar-refractivity contribution in [2.75, 3.05) is 11.4 Å². The third-order valence-corrected chi connectivity index (χ3v) is 7.87. The molecular weight excluding hydrogens is 550 g/mol. The van der Waals surface area contributed by atoms with Gasteiger partial charge in [-0.3, -0.25) is 0 Å². The first kappa shape index (κ1) is 25.5. The van der Waals surface area contributed by atoms with E-state index in [1.165, 1.54) is 79.0 Å². The predicted octanol–water partition coefficient (Wildman–Crippen LogP) is 6.44. The first-order valence-electron chi connectivity index (χ1n) is 10.9. The number of allylic oxidation sites excluding steroid dienone is 1. The Hall–Kier alpha value is -1.79. The van der Waals surface area contributed by atoms with E-state index in [9.17, 15) is 4.79 Å². The molecule has 0 N–H and O–H groups in total. The van der Waals surface area contributed by atoms with Gasteiger partial charge in [-0.05, 0) is 0 Å². The van der Waals surface area contributed by atoms with E-state index in [4.69, 9.17) is 0 Å². The van der Waals surface area contributed by atoms with Crippen molar-refractivity contribution >= 4 is 21.6 Å². The number of anilines is 1. The Kier molecular flexibility index (Phi) is 8.39. The zero-order valence-electron chi connectivity index (χ0n) is 20.8. The van der Waals surface area contributed by atoms with Crippen LogP contribution in [0.5, 0.6) is 0 Å². The van der Waals surface area contributed by atoms with Crippen molar-refractivity contribution in [3.05, 3.63) is 67.8 Å². The van der Waals surface area contributed by atoms with E-state index in [0.717, 1.165) is 5.69 Å². The van der Waals surface area contributed by atoms with Gasteiger partial charge in [0.05, 0.1) is 0 Å². The Bertz CT molecular complexity index is 1050. The number of aryl methyl sites for hydroxylation is 1. The van der Waals surface area contributed by atoms with Gasteiger partial charge in [-0.2, -0.15) is 0 Å². The second-order valence-corrected chi connectivity index (χ2v) is 10.9. The summed E-state index contributed by atoms with van der Waals surface area (Å²) in [6.07, 6.45) is 4.27. The maximum absolute atomic E-state index is 12.8. The van der Waals surface area contributed by atoms with E-state index in [1.807, 2.05) is 6.08 Å². The molecular formula is C28H36NOW-. The summed E-state index contributed by atoms with van der Waals surface area (Å²) in [5.74, 6) is 0.161.